The zero-order chi connectivity index (χ0) is 35.5. The predicted molar refractivity (Wildman–Crippen MR) is 191 cm³/mol. The van der Waals surface area contributed by atoms with Crippen LogP contribution in [-0.2, 0) is 30.3 Å². The number of carbonyl (C=O) groups excluding carboxylic acids is 3. The van der Waals surface area contributed by atoms with Crippen molar-refractivity contribution >= 4 is 29.5 Å². The van der Waals surface area contributed by atoms with Crippen molar-refractivity contribution in [1.29, 1.82) is 0 Å². The Hall–Kier alpha value is -3.50. The third-order valence-corrected chi connectivity index (χ3v) is 10.1. The molecule has 10 heteroatoms. The van der Waals surface area contributed by atoms with Crippen LogP contribution >= 0.6 is 11.8 Å². The number of nitrogens with zero attached hydrogens (tertiary/aromatic N) is 1. The molecule has 260 valence electrons. The summed E-state index contributed by atoms with van der Waals surface area (Å²) in [6.45, 7) is 15.7. The van der Waals surface area contributed by atoms with E-state index in [-0.39, 0.29) is 24.3 Å². The van der Waals surface area contributed by atoms with Gasteiger partial charge >= 0.3 is 5.97 Å². The van der Waals surface area contributed by atoms with Gasteiger partial charge in [-0.3, -0.25) is 9.59 Å². The Labute approximate surface area is 286 Å². The SMILES string of the molecule is CCOC(=O)C(C)=C[C@H](C(C)C)N(C)C(=O)[C@@H](NC(=O)[C@@H](NC)C(C)(C)c1ccc(OC)cc1)C(C)(C)SCc1ccc(OC)cc1. The summed E-state index contributed by atoms with van der Waals surface area (Å²) in [5, 5.41) is 6.37. The third-order valence-electron chi connectivity index (χ3n) is 8.60. The number of hydrogen-bond acceptors (Lipinski definition) is 8. The summed E-state index contributed by atoms with van der Waals surface area (Å²) in [6, 6.07) is 13.5. The van der Waals surface area contributed by atoms with Gasteiger partial charge in [-0.05, 0) is 76.1 Å². The number of rotatable bonds is 17. The first-order chi connectivity index (χ1) is 22.0. The summed E-state index contributed by atoms with van der Waals surface area (Å²) in [6.07, 6.45) is 1.78. The number of likely N-dealkylation sites (N-methyl/N-ethyl adjacent to an activating group) is 2. The molecule has 0 saturated heterocycles. The minimum absolute atomic E-state index is 0.0150. The lowest BCUT2D eigenvalue weighted by Gasteiger charge is -2.41. The highest BCUT2D eigenvalue weighted by Crippen LogP contribution is 2.35. The normalized spacial score (nSPS) is 14.2. The highest BCUT2D eigenvalue weighted by molar-refractivity contribution is 7.99. The van der Waals surface area contributed by atoms with Crippen molar-refractivity contribution in [3.8, 4) is 11.5 Å². The fraction of sp³-hybridized carbons (Fsp3) is 0.541. The van der Waals surface area contributed by atoms with Gasteiger partial charge in [-0.15, -0.1) is 11.8 Å². The van der Waals surface area contributed by atoms with E-state index >= 15 is 0 Å². The molecule has 0 radical (unpaired) electrons. The molecule has 2 amide bonds. The van der Waals surface area contributed by atoms with E-state index in [1.54, 1.807) is 64.9 Å². The number of esters is 1. The molecule has 47 heavy (non-hydrogen) atoms. The standard InChI is InChI=1S/C37H55N3O6S/c1-13-46-35(43)25(4)22-30(24(2)3)40(10)34(42)32(37(7,8)47-23-26-14-18-28(44-11)19-15-26)39-33(41)31(38-9)36(5,6)27-16-20-29(45-12)21-17-27/h14-22,24,30-32,38H,13,23H2,1-12H3,(H,39,41)/t30-,31-,32-/m1/s1. The zero-order valence-electron chi connectivity index (χ0n) is 30.2. The number of nitrogens with one attached hydrogen (secondary N) is 2. The second-order valence-corrected chi connectivity index (χ2v) is 14.7. The summed E-state index contributed by atoms with van der Waals surface area (Å²) >= 11 is 1.59. The van der Waals surface area contributed by atoms with E-state index in [9.17, 15) is 14.4 Å². The van der Waals surface area contributed by atoms with Crippen LogP contribution in [0.4, 0.5) is 0 Å². The van der Waals surface area contributed by atoms with Gasteiger partial charge in [0.05, 0.1) is 32.9 Å². The van der Waals surface area contributed by atoms with Crippen LogP contribution in [0.15, 0.2) is 60.2 Å². The number of amides is 2. The molecule has 0 unspecified atom stereocenters. The Morgan fingerprint density at radius 1 is 0.915 bits per heavy atom. The number of benzene rings is 2. The van der Waals surface area contributed by atoms with Gasteiger partial charge in [0.15, 0.2) is 0 Å². The average Bonchev–Trinajstić information content (AvgIpc) is 3.04. The van der Waals surface area contributed by atoms with Crippen LogP contribution in [0.2, 0.25) is 0 Å². The van der Waals surface area contributed by atoms with Gasteiger partial charge in [-0.1, -0.05) is 58.0 Å². The van der Waals surface area contributed by atoms with Gasteiger partial charge in [0.1, 0.15) is 17.5 Å². The first-order valence-corrected chi connectivity index (χ1v) is 17.0. The molecule has 0 heterocycles. The number of hydrogen-bond donors (Lipinski definition) is 2. The van der Waals surface area contributed by atoms with Crippen molar-refractivity contribution < 1.29 is 28.6 Å². The third kappa shape index (κ3) is 10.5. The van der Waals surface area contributed by atoms with E-state index in [0.717, 1.165) is 22.6 Å². The molecule has 0 aliphatic heterocycles. The summed E-state index contributed by atoms with van der Waals surface area (Å²) in [4.78, 5) is 42.9. The summed E-state index contributed by atoms with van der Waals surface area (Å²) < 4.78 is 15.1. The molecule has 3 atom stereocenters. The molecule has 0 bridgehead atoms. The Bertz CT molecular complexity index is 1360. The Morgan fingerprint density at radius 2 is 1.45 bits per heavy atom. The van der Waals surface area contributed by atoms with Crippen LogP contribution < -0.4 is 20.1 Å². The van der Waals surface area contributed by atoms with Crippen molar-refractivity contribution in [3.05, 3.63) is 71.3 Å². The number of methoxy groups -OCH3 is 2. The predicted octanol–water partition coefficient (Wildman–Crippen LogP) is 5.76. The smallest absolute Gasteiger partial charge is 0.333 e. The van der Waals surface area contributed by atoms with Gasteiger partial charge in [-0.25, -0.2) is 4.79 Å². The van der Waals surface area contributed by atoms with Gasteiger partial charge in [0.25, 0.3) is 0 Å². The topological polar surface area (TPSA) is 106 Å². The van der Waals surface area contributed by atoms with Gasteiger partial charge in [0.2, 0.25) is 11.8 Å². The maximum absolute atomic E-state index is 14.5. The minimum atomic E-state index is -0.900. The lowest BCUT2D eigenvalue weighted by Crippen LogP contribution is -2.63. The van der Waals surface area contributed by atoms with Gasteiger partial charge in [-0.2, -0.15) is 0 Å². The highest BCUT2D eigenvalue weighted by Gasteiger charge is 2.43. The van der Waals surface area contributed by atoms with Crippen LogP contribution in [-0.4, -0.2) is 80.5 Å². The Balaban J connectivity index is 2.50. The molecule has 0 aromatic heterocycles. The Morgan fingerprint density at radius 3 is 1.91 bits per heavy atom. The van der Waals surface area contributed by atoms with Crippen molar-refractivity contribution in [2.24, 2.45) is 5.92 Å². The average molecular weight is 670 g/mol. The molecule has 0 spiro atoms. The second kappa shape index (κ2) is 17.6. The molecular weight excluding hydrogens is 614 g/mol. The van der Waals surface area contributed by atoms with Crippen molar-refractivity contribution in [2.75, 3.05) is 34.9 Å². The van der Waals surface area contributed by atoms with Crippen LogP contribution in [0, 0.1) is 5.92 Å². The summed E-state index contributed by atoms with van der Waals surface area (Å²) in [7, 11) is 6.72. The van der Waals surface area contributed by atoms with Crippen LogP contribution in [0.1, 0.15) is 66.5 Å². The largest absolute Gasteiger partial charge is 0.497 e. The van der Waals surface area contributed by atoms with E-state index in [0.29, 0.717) is 11.3 Å². The first kappa shape index (κ1) is 39.7. The van der Waals surface area contributed by atoms with E-state index in [1.807, 2.05) is 90.1 Å². The van der Waals surface area contributed by atoms with Crippen molar-refractivity contribution in [3.63, 3.8) is 0 Å². The molecule has 2 N–H and O–H groups in total. The van der Waals surface area contributed by atoms with Gasteiger partial charge in [0, 0.05) is 28.5 Å². The van der Waals surface area contributed by atoms with Crippen LogP contribution in [0.5, 0.6) is 11.5 Å². The molecule has 0 fully saturated rings. The summed E-state index contributed by atoms with van der Waals surface area (Å²) in [5.74, 6) is 1.13. The maximum atomic E-state index is 14.5. The second-order valence-electron chi connectivity index (χ2n) is 13.1. The number of carbonyl (C=O) groups is 3. The lowest BCUT2D eigenvalue weighted by atomic mass is 9.77. The fourth-order valence-corrected chi connectivity index (χ4v) is 6.57. The Kier molecular flexibility index (Phi) is 14.9. The lowest BCUT2D eigenvalue weighted by molar-refractivity contribution is -0.139. The zero-order valence-corrected chi connectivity index (χ0v) is 31.0. The van der Waals surface area contributed by atoms with E-state index in [4.69, 9.17) is 14.2 Å². The summed E-state index contributed by atoms with van der Waals surface area (Å²) in [5.41, 5.74) is 1.80. The molecule has 0 aliphatic carbocycles. The first-order valence-electron chi connectivity index (χ1n) is 16.0. The molecular formula is C37H55N3O6S. The molecule has 2 rings (SSSR count). The number of thioether (sulfide) groups is 1. The molecule has 9 nitrogen and oxygen atoms in total. The highest BCUT2D eigenvalue weighted by atomic mass is 32.2. The fourth-order valence-electron chi connectivity index (χ4n) is 5.51. The van der Waals surface area contributed by atoms with E-state index < -0.39 is 34.3 Å². The minimum Gasteiger partial charge on any atom is -0.497 e. The molecule has 0 saturated carbocycles. The van der Waals surface area contributed by atoms with E-state index in [1.165, 1.54) is 0 Å². The van der Waals surface area contributed by atoms with Crippen LogP contribution in [0.25, 0.3) is 0 Å². The van der Waals surface area contributed by atoms with Crippen molar-refractivity contribution in [2.45, 2.75) is 89.4 Å². The monoisotopic (exact) mass is 669 g/mol. The molecule has 2 aromatic rings. The molecule has 0 aliphatic rings. The quantitative estimate of drug-likeness (QED) is 0.162. The number of ether oxygens (including phenoxy) is 3. The molecule has 2 aromatic carbocycles. The van der Waals surface area contributed by atoms with E-state index in [2.05, 4.69) is 10.6 Å². The maximum Gasteiger partial charge on any atom is 0.333 e. The van der Waals surface area contributed by atoms with Crippen molar-refractivity contribution in [1.82, 2.24) is 15.5 Å². The van der Waals surface area contributed by atoms with Gasteiger partial charge < -0.3 is 29.7 Å². The van der Waals surface area contributed by atoms with Crippen LogP contribution in [0.3, 0.4) is 0 Å².